The van der Waals surface area contributed by atoms with Gasteiger partial charge in [0.1, 0.15) is 0 Å². The fourth-order valence-corrected chi connectivity index (χ4v) is 0. The van der Waals surface area contributed by atoms with Gasteiger partial charge in [0.25, 0.3) is 0 Å². The van der Waals surface area contributed by atoms with Crippen molar-refractivity contribution in [3.05, 3.63) is 0 Å². The molecule has 0 aromatic carbocycles. The predicted octanol–water partition coefficient (Wildman–Crippen LogP) is -3.07. The molecule has 0 N–H and O–H groups in total. The van der Waals surface area contributed by atoms with E-state index in [1.807, 2.05) is 0 Å². The van der Waals surface area contributed by atoms with Crippen LogP contribution >= 0.6 is 0 Å². The maximum atomic E-state index is 8.50. The zero-order valence-corrected chi connectivity index (χ0v) is 7.52. The van der Waals surface area contributed by atoms with Gasteiger partial charge in [0.2, 0.25) is 0 Å². The Labute approximate surface area is 83.6 Å². The van der Waals surface area contributed by atoms with Crippen molar-refractivity contribution in [3.8, 4) is 0 Å². The summed E-state index contributed by atoms with van der Waals surface area (Å²) < 4.78 is 17.0. The molecule has 0 saturated heterocycles. The van der Waals surface area contributed by atoms with Gasteiger partial charge in [-0.1, -0.05) is 0 Å². The molecule has 8 heavy (non-hydrogen) atoms. The molecule has 0 aliphatic heterocycles. The third kappa shape index (κ3) is 328. The van der Waals surface area contributed by atoms with Crippen molar-refractivity contribution in [2.45, 2.75) is 0 Å². The minimum atomic E-state index is -2.33. The number of carboxylic acid groups (broad SMARTS) is 2. The molecule has 0 aliphatic carbocycles. The molecule has 5 nitrogen and oxygen atoms in total. The van der Waals surface area contributed by atoms with Crippen molar-refractivity contribution in [3.63, 3.8) is 0 Å². The second-order valence-corrected chi connectivity index (χ2v) is 0.594. The SMILES string of the molecule is O=C([O-])[O-].[Ca+2].[O]=[Ti]=[O]. The third-order valence-electron chi connectivity index (χ3n) is 0. The van der Waals surface area contributed by atoms with Crippen LogP contribution < -0.4 is 10.2 Å². The van der Waals surface area contributed by atoms with Crippen LogP contribution in [0.25, 0.3) is 0 Å². The van der Waals surface area contributed by atoms with E-state index in [-0.39, 0.29) is 37.7 Å². The number of carbonyl (C=O) groups excluding carboxylic acids is 1. The molecule has 0 aromatic heterocycles. The molecule has 0 rings (SSSR count). The summed E-state index contributed by atoms with van der Waals surface area (Å²) >= 11 is -2.00. The number of rotatable bonds is 0. The van der Waals surface area contributed by atoms with Crippen molar-refractivity contribution < 1.29 is 40.7 Å². The summed E-state index contributed by atoms with van der Waals surface area (Å²) in [6.07, 6.45) is -2.33. The summed E-state index contributed by atoms with van der Waals surface area (Å²) in [5.41, 5.74) is 0. The van der Waals surface area contributed by atoms with E-state index in [1.54, 1.807) is 0 Å². The summed E-state index contributed by atoms with van der Waals surface area (Å²) in [5, 5.41) is 16.7. The molecular weight excluding hydrogens is 180 g/mol. The van der Waals surface area contributed by atoms with Gasteiger partial charge in [-0.15, -0.1) is 0 Å². The molecule has 0 fully saturated rings. The van der Waals surface area contributed by atoms with Crippen LogP contribution in [0.15, 0.2) is 0 Å². The Morgan fingerprint density at radius 3 is 1.25 bits per heavy atom. The first-order chi connectivity index (χ1) is 3.15. The standard InChI is InChI=1S/CH2O3.Ca.2O.Ti/c2-1(3)4;;;;/h(H2,2,3,4);;;;/q;+2;;;/p-2. The van der Waals surface area contributed by atoms with Crippen molar-refractivity contribution >= 4 is 43.9 Å². The molecule has 40 valence electrons. The van der Waals surface area contributed by atoms with Gasteiger partial charge in [0.15, 0.2) is 0 Å². The Bertz CT molecular complexity index is 80.4. The number of hydrogen-bond donors (Lipinski definition) is 0. The van der Waals surface area contributed by atoms with Crippen molar-refractivity contribution in [2.75, 3.05) is 0 Å². The van der Waals surface area contributed by atoms with Crippen molar-refractivity contribution in [1.29, 1.82) is 0 Å². The Hall–Kier alpha value is 0.844. The van der Waals surface area contributed by atoms with Crippen LogP contribution in [0.4, 0.5) is 4.79 Å². The van der Waals surface area contributed by atoms with Crippen LogP contribution in [0, 0.1) is 0 Å². The van der Waals surface area contributed by atoms with Crippen LogP contribution in [-0.2, 0) is 25.7 Å². The van der Waals surface area contributed by atoms with E-state index < -0.39 is 25.2 Å². The molecule has 0 radical (unpaired) electrons. The maximum absolute atomic E-state index is 8.50. The number of hydrogen-bond acceptors (Lipinski definition) is 5. The first-order valence-electron chi connectivity index (χ1n) is 1.02. The average molecular weight is 180 g/mol. The van der Waals surface area contributed by atoms with Gasteiger partial charge in [-0.05, 0) is 6.16 Å². The second kappa shape index (κ2) is 15.7. The zero-order chi connectivity index (χ0) is 6.28. The summed E-state index contributed by atoms with van der Waals surface area (Å²) in [7, 11) is 0. The molecular formula is CCaO5Ti. The van der Waals surface area contributed by atoms with Gasteiger partial charge in [0.05, 0.1) is 0 Å². The first kappa shape index (κ1) is 15.9. The van der Waals surface area contributed by atoms with E-state index in [4.69, 9.17) is 21.7 Å². The van der Waals surface area contributed by atoms with Gasteiger partial charge in [-0.2, -0.15) is 0 Å². The quantitative estimate of drug-likeness (QED) is 0.368. The van der Waals surface area contributed by atoms with Crippen molar-refractivity contribution in [1.82, 2.24) is 0 Å². The monoisotopic (exact) mass is 180 g/mol. The second-order valence-electron chi connectivity index (χ2n) is 0.333. The van der Waals surface area contributed by atoms with E-state index >= 15 is 0 Å². The Kier molecular flexibility index (Phi) is 31.2. The average Bonchev–Trinajstić information content (AvgIpc) is 1.33. The first-order valence-corrected chi connectivity index (χ1v) is 2.30. The fourth-order valence-electron chi connectivity index (χ4n) is 0. The van der Waals surface area contributed by atoms with Crippen LogP contribution in [0.1, 0.15) is 0 Å². The Morgan fingerprint density at radius 1 is 1.25 bits per heavy atom. The fraction of sp³-hybridized carbons (Fsp3) is 0. The van der Waals surface area contributed by atoms with Gasteiger partial charge < -0.3 is 15.0 Å². The van der Waals surface area contributed by atoms with E-state index in [0.717, 1.165) is 0 Å². The van der Waals surface area contributed by atoms with E-state index in [9.17, 15) is 0 Å². The van der Waals surface area contributed by atoms with Crippen LogP contribution in [0.2, 0.25) is 0 Å². The molecule has 0 saturated carbocycles. The summed E-state index contributed by atoms with van der Waals surface area (Å²) in [6, 6.07) is 0. The van der Waals surface area contributed by atoms with Gasteiger partial charge >= 0.3 is 63.5 Å². The molecule has 0 amide bonds. The Morgan fingerprint density at radius 2 is 1.25 bits per heavy atom. The zero-order valence-electron chi connectivity index (χ0n) is 3.75. The van der Waals surface area contributed by atoms with Gasteiger partial charge in [-0.3, -0.25) is 0 Å². The van der Waals surface area contributed by atoms with Crippen LogP contribution in [-0.4, -0.2) is 43.9 Å². The normalized spacial score (nSPS) is 4.00. The van der Waals surface area contributed by atoms with E-state index in [1.165, 1.54) is 0 Å². The van der Waals surface area contributed by atoms with Crippen molar-refractivity contribution in [2.24, 2.45) is 0 Å². The molecule has 0 bridgehead atoms. The molecule has 0 aromatic rings. The van der Waals surface area contributed by atoms with E-state index in [2.05, 4.69) is 0 Å². The van der Waals surface area contributed by atoms with E-state index in [0.29, 0.717) is 0 Å². The molecule has 0 unspecified atom stereocenters. The molecule has 7 heteroatoms. The summed E-state index contributed by atoms with van der Waals surface area (Å²) in [6.45, 7) is 0. The molecule has 0 heterocycles. The predicted molar refractivity (Wildman–Crippen MR) is 12.5 cm³/mol. The third-order valence-corrected chi connectivity index (χ3v) is 0. The van der Waals surface area contributed by atoms with Gasteiger partial charge in [0, 0.05) is 0 Å². The molecule has 0 atom stereocenters. The number of carbonyl (C=O) groups is 1. The molecule has 0 spiro atoms. The van der Waals surface area contributed by atoms with Gasteiger partial charge in [-0.25, -0.2) is 0 Å². The Balaban J connectivity index is -0.0000000575. The minimum absolute atomic E-state index is 0. The van der Waals surface area contributed by atoms with Crippen LogP contribution in [0.5, 0.6) is 0 Å². The topological polar surface area (TPSA) is 97.3 Å². The van der Waals surface area contributed by atoms with Crippen LogP contribution in [0.3, 0.4) is 0 Å². The summed E-state index contributed by atoms with van der Waals surface area (Å²) in [5.74, 6) is 0. The molecule has 0 aliphatic rings. The summed E-state index contributed by atoms with van der Waals surface area (Å²) in [4.78, 5) is 8.33.